The van der Waals surface area contributed by atoms with Crippen molar-refractivity contribution in [3.05, 3.63) is 52.7 Å². The van der Waals surface area contributed by atoms with Gasteiger partial charge >= 0.3 is 0 Å². The minimum absolute atomic E-state index is 0.0131. The first-order valence-electron chi connectivity index (χ1n) is 10.7. The van der Waals surface area contributed by atoms with Gasteiger partial charge in [-0.25, -0.2) is 13.4 Å². The molecule has 0 aliphatic heterocycles. The van der Waals surface area contributed by atoms with Crippen LogP contribution in [-0.4, -0.2) is 65.7 Å². The second-order valence-corrected chi connectivity index (χ2v) is 11.1. The van der Waals surface area contributed by atoms with Crippen molar-refractivity contribution in [1.29, 1.82) is 0 Å². The highest BCUT2D eigenvalue weighted by Gasteiger charge is 2.55. The molecule has 0 bridgehead atoms. The van der Waals surface area contributed by atoms with Crippen LogP contribution >= 0.6 is 11.3 Å². The number of methoxy groups -OCH3 is 3. The Balaban J connectivity index is 1.82. The van der Waals surface area contributed by atoms with Crippen LogP contribution in [0.15, 0.2) is 47.2 Å². The topological polar surface area (TPSA) is 113 Å². The molecule has 2 aromatic rings. The number of nitrogens with zero attached hydrogens (tertiary/aromatic N) is 1. The number of hydrogen-bond acceptors (Lipinski definition) is 9. The number of rotatable bonds is 14. The molecule has 1 unspecified atom stereocenters. The van der Waals surface area contributed by atoms with Gasteiger partial charge in [-0.2, -0.15) is 0 Å². The summed E-state index contributed by atoms with van der Waals surface area (Å²) in [6.07, 6.45) is 3.51. The maximum atomic E-state index is 13.4. The number of benzene rings is 1. The van der Waals surface area contributed by atoms with Crippen LogP contribution in [0.4, 0.5) is 5.13 Å². The van der Waals surface area contributed by atoms with Gasteiger partial charge in [-0.05, 0) is 37.1 Å². The highest BCUT2D eigenvalue weighted by Crippen LogP contribution is 2.49. The molecule has 11 heteroatoms. The Morgan fingerprint density at radius 2 is 1.88 bits per heavy atom. The molecule has 1 aliphatic rings. The average molecular weight is 511 g/mol. The van der Waals surface area contributed by atoms with Gasteiger partial charge in [0, 0.05) is 34.1 Å². The van der Waals surface area contributed by atoms with E-state index < -0.39 is 15.3 Å². The lowest BCUT2D eigenvalue weighted by Crippen LogP contribution is -2.32. The molecule has 1 aromatic heterocycles. The fourth-order valence-corrected chi connectivity index (χ4v) is 5.58. The molecular formula is C23H30N2O7S2. The van der Waals surface area contributed by atoms with Gasteiger partial charge in [0.2, 0.25) is 5.91 Å². The van der Waals surface area contributed by atoms with E-state index in [9.17, 15) is 13.2 Å². The number of aromatic nitrogens is 1. The number of sulfone groups is 1. The van der Waals surface area contributed by atoms with Gasteiger partial charge in [0.15, 0.2) is 20.4 Å². The van der Waals surface area contributed by atoms with Gasteiger partial charge in [0.1, 0.15) is 11.9 Å². The van der Waals surface area contributed by atoms with E-state index in [0.29, 0.717) is 42.7 Å². The fraction of sp³-hybridized carbons (Fsp3) is 0.478. The number of nitrogens with one attached hydrogen (secondary N) is 1. The summed E-state index contributed by atoms with van der Waals surface area (Å²) in [4.78, 5) is 18.7. The zero-order valence-electron chi connectivity index (χ0n) is 19.7. The van der Waals surface area contributed by atoms with E-state index in [0.717, 1.165) is 4.88 Å². The first kappa shape index (κ1) is 26.3. The number of carbonyl (C=O) groups is 1. The Hall–Kier alpha value is -2.31. The van der Waals surface area contributed by atoms with E-state index >= 15 is 0 Å². The summed E-state index contributed by atoms with van der Waals surface area (Å²) in [5, 5.41) is 3.30. The number of amides is 1. The van der Waals surface area contributed by atoms with Gasteiger partial charge < -0.3 is 24.3 Å². The molecule has 1 heterocycles. The highest BCUT2D eigenvalue weighted by molar-refractivity contribution is 7.91. The summed E-state index contributed by atoms with van der Waals surface area (Å²) in [5.74, 6) is 0.140. The second-order valence-electron chi connectivity index (χ2n) is 7.91. The molecule has 0 spiro atoms. The van der Waals surface area contributed by atoms with Gasteiger partial charge in [-0.3, -0.25) is 4.79 Å². The van der Waals surface area contributed by atoms with E-state index in [1.54, 1.807) is 38.6 Å². The maximum Gasteiger partial charge on any atom is 0.248 e. The summed E-state index contributed by atoms with van der Waals surface area (Å²) in [5.41, 5.74) is -0.540. The zero-order valence-corrected chi connectivity index (χ0v) is 21.3. The van der Waals surface area contributed by atoms with Crippen molar-refractivity contribution in [2.45, 2.75) is 36.4 Å². The quantitative estimate of drug-likeness (QED) is 0.386. The van der Waals surface area contributed by atoms with E-state index in [1.165, 1.54) is 30.6 Å². The Bertz CT molecular complexity index is 1110. The van der Waals surface area contributed by atoms with E-state index in [-0.39, 0.29) is 22.7 Å². The summed E-state index contributed by atoms with van der Waals surface area (Å²) >= 11 is 1.32. The highest BCUT2D eigenvalue weighted by atomic mass is 32.2. The lowest BCUT2D eigenvalue weighted by Gasteiger charge is -2.20. The molecule has 0 saturated heterocycles. The summed E-state index contributed by atoms with van der Waals surface area (Å²) in [7, 11) is 1.25. The molecule has 1 aliphatic carbocycles. The Kier molecular flexibility index (Phi) is 8.83. The number of hydrogen-bond donors (Lipinski definition) is 1. The Labute approximate surface area is 204 Å². The summed E-state index contributed by atoms with van der Waals surface area (Å²) in [6, 6.07) is 6.34. The van der Waals surface area contributed by atoms with E-state index in [4.69, 9.17) is 18.9 Å². The Morgan fingerprint density at radius 3 is 2.53 bits per heavy atom. The molecular weight excluding hydrogens is 480 g/mol. The zero-order chi connectivity index (χ0) is 24.8. The number of thiazole rings is 1. The first-order chi connectivity index (χ1) is 16.3. The maximum absolute atomic E-state index is 13.4. The minimum atomic E-state index is -3.45. The van der Waals surface area contributed by atoms with Gasteiger partial charge in [0.25, 0.3) is 0 Å². The van der Waals surface area contributed by atoms with Crippen molar-refractivity contribution in [2.75, 3.05) is 45.6 Å². The lowest BCUT2D eigenvalue weighted by molar-refractivity contribution is -0.118. The molecule has 34 heavy (non-hydrogen) atoms. The number of ether oxygens (including phenoxy) is 4. The third kappa shape index (κ3) is 6.02. The molecule has 3 rings (SSSR count). The van der Waals surface area contributed by atoms with Crippen LogP contribution in [0.3, 0.4) is 0 Å². The van der Waals surface area contributed by atoms with Crippen LogP contribution in [-0.2, 0) is 45.6 Å². The second kappa shape index (κ2) is 11.4. The van der Waals surface area contributed by atoms with Crippen molar-refractivity contribution >= 4 is 32.2 Å². The minimum Gasteiger partial charge on any atom is -0.491 e. The molecule has 0 saturated carbocycles. The van der Waals surface area contributed by atoms with E-state index in [1.807, 2.05) is 6.92 Å². The van der Waals surface area contributed by atoms with Gasteiger partial charge in [-0.15, -0.1) is 0 Å². The van der Waals surface area contributed by atoms with Crippen LogP contribution in [0.5, 0.6) is 0 Å². The summed E-state index contributed by atoms with van der Waals surface area (Å²) in [6.45, 7) is 2.98. The molecule has 9 nitrogen and oxygen atoms in total. The Morgan fingerprint density at radius 1 is 1.15 bits per heavy atom. The van der Waals surface area contributed by atoms with Crippen molar-refractivity contribution < 1.29 is 32.2 Å². The first-order valence-corrected chi connectivity index (χ1v) is 13.2. The van der Waals surface area contributed by atoms with Crippen LogP contribution < -0.4 is 5.32 Å². The van der Waals surface area contributed by atoms with E-state index in [2.05, 4.69) is 10.3 Å². The number of anilines is 1. The largest absolute Gasteiger partial charge is 0.491 e. The third-order valence-corrected chi connectivity index (χ3v) is 7.93. The standard InChI is InChI=1S/C23H30N2O7S2/c1-16(14-30-3)32-20-12-23(20,21(26)25-22-24-13-18(33-22)15-31-4)17-6-8-19(9-7-17)34(27,28)11-5-10-29-2/h6-9,12-13,16H,5,10-11,14-15H2,1-4H3,(H,24,25,26)/t16-,23?/m1/s1. The molecule has 186 valence electrons. The fourth-order valence-electron chi connectivity index (χ4n) is 3.51. The molecule has 0 fully saturated rings. The molecule has 2 atom stereocenters. The van der Waals surface area contributed by atoms with Crippen LogP contribution in [0, 0.1) is 0 Å². The predicted octanol–water partition coefficient (Wildman–Crippen LogP) is 2.93. The van der Waals surface area contributed by atoms with Crippen LogP contribution in [0.1, 0.15) is 23.8 Å². The van der Waals surface area contributed by atoms with Crippen molar-refractivity contribution in [2.24, 2.45) is 0 Å². The van der Waals surface area contributed by atoms with Gasteiger partial charge in [0.05, 0.1) is 28.7 Å². The monoisotopic (exact) mass is 510 g/mol. The summed E-state index contributed by atoms with van der Waals surface area (Å²) < 4.78 is 46.3. The van der Waals surface area contributed by atoms with Gasteiger partial charge in [-0.1, -0.05) is 23.5 Å². The van der Waals surface area contributed by atoms with Crippen LogP contribution in [0.2, 0.25) is 0 Å². The van der Waals surface area contributed by atoms with Crippen molar-refractivity contribution in [3.63, 3.8) is 0 Å². The third-order valence-electron chi connectivity index (χ3n) is 5.23. The molecule has 0 radical (unpaired) electrons. The molecule has 1 amide bonds. The van der Waals surface area contributed by atoms with Crippen LogP contribution in [0.25, 0.3) is 0 Å². The molecule has 1 aromatic carbocycles. The SMILES string of the molecule is COCCCS(=O)(=O)c1ccc(C2(C(=O)Nc3ncc(COC)s3)C=C2O[C@H](C)COC)cc1. The molecule has 1 N–H and O–H groups in total. The number of carbonyl (C=O) groups excluding carboxylic acids is 1. The smallest absolute Gasteiger partial charge is 0.248 e. The van der Waals surface area contributed by atoms with Crippen molar-refractivity contribution in [3.8, 4) is 0 Å². The predicted molar refractivity (Wildman–Crippen MR) is 129 cm³/mol. The van der Waals surface area contributed by atoms with Crippen molar-refractivity contribution in [1.82, 2.24) is 4.98 Å². The average Bonchev–Trinajstić information content (AvgIpc) is 3.35. The normalized spacial score (nSPS) is 18.3. The lowest BCUT2D eigenvalue weighted by atomic mass is 9.92.